The smallest absolute Gasteiger partial charge is 0.0994 e. The Labute approximate surface area is 132 Å². The van der Waals surface area contributed by atoms with Crippen LogP contribution in [0, 0.1) is 0 Å². The molecule has 3 aromatic rings. The Morgan fingerprint density at radius 3 is 2.81 bits per heavy atom. The summed E-state index contributed by atoms with van der Waals surface area (Å²) in [5, 5.41) is 5.92. The van der Waals surface area contributed by atoms with Crippen molar-refractivity contribution in [1.82, 2.24) is 14.9 Å². The standard InChI is InChI=1S/C17H16BrN3/c18-15-5-6-16(14-4-2-1-3-13(14)15)21-11-20-10-17(21)12-7-8-19-9-12/h1-6,10-12,19H,7-9H2. The number of rotatable bonds is 2. The van der Waals surface area contributed by atoms with E-state index in [0.29, 0.717) is 5.92 Å². The highest BCUT2D eigenvalue weighted by molar-refractivity contribution is 9.10. The summed E-state index contributed by atoms with van der Waals surface area (Å²) in [6.07, 6.45) is 5.12. The van der Waals surface area contributed by atoms with Gasteiger partial charge in [0.05, 0.1) is 12.0 Å². The quantitative estimate of drug-likeness (QED) is 0.766. The van der Waals surface area contributed by atoms with E-state index in [2.05, 4.69) is 67.2 Å². The summed E-state index contributed by atoms with van der Waals surface area (Å²) in [5.74, 6) is 0.551. The zero-order valence-electron chi connectivity index (χ0n) is 11.6. The van der Waals surface area contributed by atoms with E-state index in [1.54, 1.807) is 0 Å². The van der Waals surface area contributed by atoms with Crippen molar-refractivity contribution < 1.29 is 0 Å². The molecule has 0 amide bonds. The first kappa shape index (κ1) is 13.0. The largest absolute Gasteiger partial charge is 0.316 e. The Hall–Kier alpha value is -1.65. The number of imidazole rings is 1. The van der Waals surface area contributed by atoms with Gasteiger partial charge in [-0.15, -0.1) is 0 Å². The molecule has 0 saturated carbocycles. The van der Waals surface area contributed by atoms with Gasteiger partial charge in [0.15, 0.2) is 0 Å². The van der Waals surface area contributed by atoms with E-state index in [1.165, 1.54) is 28.6 Å². The number of fused-ring (bicyclic) bond motifs is 1. The maximum Gasteiger partial charge on any atom is 0.0994 e. The summed E-state index contributed by atoms with van der Waals surface area (Å²) in [4.78, 5) is 4.40. The van der Waals surface area contributed by atoms with E-state index in [4.69, 9.17) is 0 Å². The zero-order valence-corrected chi connectivity index (χ0v) is 13.2. The van der Waals surface area contributed by atoms with Crippen LogP contribution in [-0.2, 0) is 0 Å². The van der Waals surface area contributed by atoms with Gasteiger partial charge in [0.25, 0.3) is 0 Å². The van der Waals surface area contributed by atoms with Crippen molar-refractivity contribution in [2.75, 3.05) is 13.1 Å². The molecule has 1 aliphatic heterocycles. The predicted molar refractivity (Wildman–Crippen MR) is 89.0 cm³/mol. The summed E-state index contributed by atoms with van der Waals surface area (Å²) >= 11 is 3.64. The molecule has 1 fully saturated rings. The van der Waals surface area contributed by atoms with Crippen molar-refractivity contribution in [2.24, 2.45) is 0 Å². The predicted octanol–water partition coefficient (Wildman–Crippen LogP) is 3.86. The van der Waals surface area contributed by atoms with Crippen molar-refractivity contribution in [3.8, 4) is 5.69 Å². The lowest BCUT2D eigenvalue weighted by Crippen LogP contribution is -2.10. The van der Waals surface area contributed by atoms with Crippen molar-refractivity contribution in [2.45, 2.75) is 12.3 Å². The van der Waals surface area contributed by atoms with E-state index < -0.39 is 0 Å². The van der Waals surface area contributed by atoms with Crippen molar-refractivity contribution in [3.63, 3.8) is 0 Å². The molecular weight excluding hydrogens is 326 g/mol. The SMILES string of the molecule is Brc1ccc(-n2cncc2C2CCNC2)c2ccccc12. The average molecular weight is 342 g/mol. The van der Waals surface area contributed by atoms with E-state index in [-0.39, 0.29) is 0 Å². The average Bonchev–Trinajstić information content (AvgIpc) is 3.19. The van der Waals surface area contributed by atoms with Crippen LogP contribution in [0.3, 0.4) is 0 Å². The van der Waals surface area contributed by atoms with Gasteiger partial charge in [0.2, 0.25) is 0 Å². The number of nitrogens with one attached hydrogen (secondary N) is 1. The van der Waals surface area contributed by atoms with Crippen LogP contribution in [0.1, 0.15) is 18.0 Å². The Bertz CT molecular complexity index is 788. The van der Waals surface area contributed by atoms with Gasteiger partial charge in [-0.2, -0.15) is 0 Å². The van der Waals surface area contributed by atoms with Gasteiger partial charge in [0.1, 0.15) is 0 Å². The Morgan fingerprint density at radius 2 is 2.00 bits per heavy atom. The fourth-order valence-electron chi connectivity index (χ4n) is 3.17. The lowest BCUT2D eigenvalue weighted by Gasteiger charge is -2.15. The molecule has 1 aromatic heterocycles. The molecule has 4 heteroatoms. The summed E-state index contributed by atoms with van der Waals surface area (Å²) in [7, 11) is 0. The van der Waals surface area contributed by atoms with Gasteiger partial charge in [0, 0.05) is 34.2 Å². The van der Waals surface area contributed by atoms with Crippen LogP contribution < -0.4 is 5.32 Å². The first-order valence-corrected chi connectivity index (χ1v) is 8.04. The molecule has 21 heavy (non-hydrogen) atoms. The second-order valence-corrected chi connectivity index (χ2v) is 6.34. The topological polar surface area (TPSA) is 29.9 Å². The van der Waals surface area contributed by atoms with Gasteiger partial charge >= 0.3 is 0 Å². The highest BCUT2D eigenvalue weighted by Gasteiger charge is 2.21. The van der Waals surface area contributed by atoms with Gasteiger partial charge in [-0.25, -0.2) is 4.98 Å². The molecule has 1 N–H and O–H groups in total. The van der Waals surface area contributed by atoms with Crippen LogP contribution in [0.2, 0.25) is 0 Å². The summed E-state index contributed by atoms with van der Waals surface area (Å²) in [5.41, 5.74) is 2.50. The Kier molecular flexibility index (Phi) is 3.28. The second-order valence-electron chi connectivity index (χ2n) is 5.49. The van der Waals surface area contributed by atoms with E-state index in [0.717, 1.165) is 17.6 Å². The molecule has 4 rings (SSSR count). The monoisotopic (exact) mass is 341 g/mol. The first-order valence-electron chi connectivity index (χ1n) is 7.25. The maximum absolute atomic E-state index is 4.40. The lowest BCUT2D eigenvalue weighted by atomic mass is 10.0. The number of hydrogen-bond donors (Lipinski definition) is 1. The van der Waals surface area contributed by atoms with Gasteiger partial charge in [-0.05, 0) is 30.5 Å². The summed E-state index contributed by atoms with van der Waals surface area (Å²) < 4.78 is 3.37. The number of halogens is 1. The molecule has 0 aliphatic carbocycles. The highest BCUT2D eigenvalue weighted by atomic mass is 79.9. The molecule has 2 heterocycles. The molecule has 1 atom stereocenters. The van der Waals surface area contributed by atoms with E-state index in [9.17, 15) is 0 Å². The van der Waals surface area contributed by atoms with Gasteiger partial charge < -0.3 is 9.88 Å². The number of aromatic nitrogens is 2. The van der Waals surface area contributed by atoms with Crippen LogP contribution in [0.4, 0.5) is 0 Å². The first-order chi connectivity index (χ1) is 10.3. The fourth-order valence-corrected chi connectivity index (χ4v) is 3.65. The zero-order chi connectivity index (χ0) is 14.2. The number of hydrogen-bond acceptors (Lipinski definition) is 2. The molecule has 1 saturated heterocycles. The van der Waals surface area contributed by atoms with Crippen molar-refractivity contribution in [3.05, 3.63) is 59.1 Å². The van der Waals surface area contributed by atoms with Gasteiger partial charge in [-0.3, -0.25) is 0 Å². The minimum Gasteiger partial charge on any atom is -0.316 e. The summed E-state index contributed by atoms with van der Waals surface area (Å²) in [6, 6.07) is 12.8. The molecule has 1 aliphatic rings. The Morgan fingerprint density at radius 1 is 1.14 bits per heavy atom. The normalized spacial score (nSPS) is 18.4. The molecule has 0 spiro atoms. The third kappa shape index (κ3) is 2.19. The fraction of sp³-hybridized carbons (Fsp3) is 0.235. The van der Waals surface area contributed by atoms with Crippen LogP contribution in [0.15, 0.2) is 53.4 Å². The van der Waals surface area contributed by atoms with Crippen molar-refractivity contribution in [1.29, 1.82) is 0 Å². The lowest BCUT2D eigenvalue weighted by molar-refractivity contribution is 0.715. The van der Waals surface area contributed by atoms with Gasteiger partial charge in [-0.1, -0.05) is 40.2 Å². The number of benzene rings is 2. The van der Waals surface area contributed by atoms with Crippen LogP contribution in [-0.4, -0.2) is 22.6 Å². The minimum absolute atomic E-state index is 0.551. The van der Waals surface area contributed by atoms with E-state index in [1.807, 2.05) is 12.5 Å². The molecule has 106 valence electrons. The molecular formula is C17H16BrN3. The minimum atomic E-state index is 0.551. The van der Waals surface area contributed by atoms with Crippen LogP contribution in [0.25, 0.3) is 16.5 Å². The maximum atomic E-state index is 4.40. The molecule has 3 nitrogen and oxygen atoms in total. The van der Waals surface area contributed by atoms with E-state index >= 15 is 0 Å². The molecule has 2 aromatic carbocycles. The highest BCUT2D eigenvalue weighted by Crippen LogP contribution is 2.32. The van der Waals surface area contributed by atoms with Crippen LogP contribution in [0.5, 0.6) is 0 Å². The molecule has 0 bridgehead atoms. The van der Waals surface area contributed by atoms with Crippen LogP contribution >= 0.6 is 15.9 Å². The third-order valence-corrected chi connectivity index (χ3v) is 4.94. The summed E-state index contributed by atoms with van der Waals surface area (Å²) in [6.45, 7) is 2.14. The molecule has 1 unspecified atom stereocenters. The second kappa shape index (κ2) is 5.28. The van der Waals surface area contributed by atoms with Crippen molar-refractivity contribution >= 4 is 26.7 Å². The third-order valence-electron chi connectivity index (χ3n) is 4.25. The Balaban J connectivity index is 1.92. The molecule has 0 radical (unpaired) electrons. The number of nitrogens with zero attached hydrogens (tertiary/aromatic N) is 2.